The molecule has 19 heavy (non-hydrogen) atoms. The van der Waals surface area contributed by atoms with E-state index >= 15 is 0 Å². The van der Waals surface area contributed by atoms with Crippen LogP contribution in [0, 0.1) is 0 Å². The lowest BCUT2D eigenvalue weighted by atomic mass is 10.1. The quantitative estimate of drug-likeness (QED) is 0.821. The van der Waals surface area contributed by atoms with E-state index in [0.29, 0.717) is 17.6 Å². The molecule has 0 bridgehead atoms. The summed E-state index contributed by atoms with van der Waals surface area (Å²) >= 11 is 3.33. The highest BCUT2D eigenvalue weighted by Crippen LogP contribution is 2.29. The highest BCUT2D eigenvalue weighted by molar-refractivity contribution is 9.10. The van der Waals surface area contributed by atoms with Crippen LogP contribution in [0.4, 0.5) is 10.5 Å². The van der Waals surface area contributed by atoms with Gasteiger partial charge >= 0.3 is 6.03 Å². The van der Waals surface area contributed by atoms with Gasteiger partial charge in [0, 0.05) is 29.9 Å². The molecule has 5 nitrogen and oxygen atoms in total. The summed E-state index contributed by atoms with van der Waals surface area (Å²) < 4.78 is 0.709. The minimum absolute atomic E-state index is 0.232. The molecular weight excluding hydrogens is 310 g/mol. The highest BCUT2D eigenvalue weighted by atomic mass is 79.9. The summed E-state index contributed by atoms with van der Waals surface area (Å²) in [5, 5.41) is 4.20. The van der Waals surface area contributed by atoms with Crippen LogP contribution in [0.1, 0.15) is 6.42 Å². The Morgan fingerprint density at radius 3 is 2.95 bits per heavy atom. The minimum atomic E-state index is -0.378. The van der Waals surface area contributed by atoms with E-state index in [1.807, 2.05) is 24.3 Å². The maximum absolute atomic E-state index is 11.9. The molecule has 0 radical (unpaired) electrons. The van der Waals surface area contributed by atoms with Gasteiger partial charge in [0.2, 0.25) is 5.91 Å². The zero-order valence-corrected chi connectivity index (χ0v) is 11.5. The maximum Gasteiger partial charge on any atom is 0.328 e. The van der Waals surface area contributed by atoms with Gasteiger partial charge in [0.15, 0.2) is 0 Å². The van der Waals surface area contributed by atoms with Gasteiger partial charge in [0.1, 0.15) is 4.60 Å². The normalized spacial score (nSPS) is 15.7. The van der Waals surface area contributed by atoms with Crippen molar-refractivity contribution in [3.63, 3.8) is 0 Å². The predicted molar refractivity (Wildman–Crippen MR) is 74.9 cm³/mol. The first-order chi connectivity index (χ1) is 9.15. The fraction of sp³-hybridized carbons (Fsp3) is 0.154. The van der Waals surface area contributed by atoms with Gasteiger partial charge in [-0.3, -0.25) is 15.0 Å². The summed E-state index contributed by atoms with van der Waals surface area (Å²) in [6, 6.07) is 7.16. The fourth-order valence-corrected chi connectivity index (χ4v) is 2.49. The molecule has 1 saturated heterocycles. The average molecular weight is 320 g/mol. The van der Waals surface area contributed by atoms with E-state index < -0.39 is 0 Å². The first-order valence-electron chi connectivity index (χ1n) is 5.81. The van der Waals surface area contributed by atoms with Crippen LogP contribution in [-0.2, 0) is 4.79 Å². The van der Waals surface area contributed by atoms with Crippen molar-refractivity contribution in [3.8, 4) is 0 Å². The van der Waals surface area contributed by atoms with Crippen molar-refractivity contribution in [1.82, 2.24) is 10.3 Å². The maximum atomic E-state index is 11.9. The van der Waals surface area contributed by atoms with Gasteiger partial charge in [-0.15, -0.1) is 0 Å². The molecule has 0 aliphatic carbocycles. The number of hydrogen-bond acceptors (Lipinski definition) is 3. The molecule has 3 rings (SSSR count). The van der Waals surface area contributed by atoms with Gasteiger partial charge < -0.3 is 0 Å². The number of carbonyl (C=O) groups is 2. The molecule has 1 aliphatic heterocycles. The van der Waals surface area contributed by atoms with E-state index in [9.17, 15) is 9.59 Å². The van der Waals surface area contributed by atoms with Gasteiger partial charge in [-0.25, -0.2) is 9.78 Å². The number of nitrogens with one attached hydrogen (secondary N) is 1. The van der Waals surface area contributed by atoms with Crippen LogP contribution < -0.4 is 10.2 Å². The van der Waals surface area contributed by atoms with Gasteiger partial charge in [-0.05, 0) is 28.1 Å². The largest absolute Gasteiger partial charge is 0.328 e. The molecule has 6 heteroatoms. The molecule has 1 aliphatic rings. The van der Waals surface area contributed by atoms with Crippen LogP contribution in [0.15, 0.2) is 35.1 Å². The Morgan fingerprint density at radius 1 is 1.32 bits per heavy atom. The van der Waals surface area contributed by atoms with Crippen LogP contribution in [0.3, 0.4) is 0 Å². The summed E-state index contributed by atoms with van der Waals surface area (Å²) in [5.74, 6) is -0.232. The van der Waals surface area contributed by atoms with E-state index in [1.54, 1.807) is 11.1 Å². The zero-order valence-electron chi connectivity index (χ0n) is 9.89. The number of amides is 3. The van der Waals surface area contributed by atoms with Crippen LogP contribution in [0.5, 0.6) is 0 Å². The van der Waals surface area contributed by atoms with E-state index in [-0.39, 0.29) is 11.9 Å². The molecular formula is C13H10BrN3O2. The number of carbonyl (C=O) groups excluding carboxylic acids is 2. The number of nitrogens with zero attached hydrogens (tertiary/aromatic N) is 2. The van der Waals surface area contributed by atoms with Crippen LogP contribution >= 0.6 is 15.9 Å². The Labute approximate surface area is 117 Å². The number of urea groups is 1. The molecule has 3 amide bonds. The number of aromatic nitrogens is 1. The number of fused-ring (bicyclic) bond motifs is 1. The third-order valence-corrected chi connectivity index (χ3v) is 3.49. The van der Waals surface area contributed by atoms with E-state index in [0.717, 1.165) is 16.5 Å². The number of benzene rings is 1. The minimum Gasteiger partial charge on any atom is -0.293 e. The van der Waals surface area contributed by atoms with Crippen molar-refractivity contribution in [1.29, 1.82) is 0 Å². The lowest BCUT2D eigenvalue weighted by molar-refractivity contribution is -0.120. The van der Waals surface area contributed by atoms with Crippen molar-refractivity contribution >= 4 is 44.3 Å². The standard InChI is InChI=1S/C13H10BrN3O2/c14-11-6-9-8(7-15-11)2-1-3-10(9)17-5-4-12(18)16-13(17)19/h1-3,6-7H,4-5H2,(H,16,18,19). The second-order valence-electron chi connectivity index (χ2n) is 4.26. The summed E-state index contributed by atoms with van der Waals surface area (Å²) in [6.45, 7) is 0.393. The third-order valence-electron chi connectivity index (χ3n) is 3.05. The fourth-order valence-electron chi connectivity index (χ4n) is 2.16. The van der Waals surface area contributed by atoms with Crippen LogP contribution in [-0.4, -0.2) is 23.5 Å². The highest BCUT2D eigenvalue weighted by Gasteiger charge is 2.25. The molecule has 0 unspecified atom stereocenters. The number of rotatable bonds is 1. The van der Waals surface area contributed by atoms with Crippen molar-refractivity contribution in [3.05, 3.63) is 35.1 Å². The second kappa shape index (κ2) is 4.62. The molecule has 1 fully saturated rings. The number of hydrogen-bond donors (Lipinski definition) is 1. The molecule has 2 heterocycles. The van der Waals surface area contributed by atoms with Gasteiger partial charge in [0.25, 0.3) is 0 Å². The van der Waals surface area contributed by atoms with Gasteiger partial charge in [-0.1, -0.05) is 12.1 Å². The monoisotopic (exact) mass is 319 g/mol. The first kappa shape index (κ1) is 12.1. The Bertz CT molecular complexity index is 687. The van der Waals surface area contributed by atoms with Crippen LogP contribution in [0.25, 0.3) is 10.8 Å². The number of pyridine rings is 1. The molecule has 1 N–H and O–H groups in total. The molecule has 0 atom stereocenters. The number of anilines is 1. The molecule has 2 aromatic rings. The summed E-state index contributed by atoms with van der Waals surface area (Å²) in [6.07, 6.45) is 2.06. The van der Waals surface area contributed by atoms with E-state index in [2.05, 4.69) is 26.2 Å². The third kappa shape index (κ3) is 2.19. The smallest absolute Gasteiger partial charge is 0.293 e. The number of imide groups is 1. The molecule has 0 saturated carbocycles. The number of halogens is 1. The Morgan fingerprint density at radius 2 is 2.16 bits per heavy atom. The van der Waals surface area contributed by atoms with Crippen molar-refractivity contribution in [2.24, 2.45) is 0 Å². The Kier molecular flexibility index (Phi) is 2.94. The Balaban J connectivity index is 2.12. The molecule has 96 valence electrons. The second-order valence-corrected chi connectivity index (χ2v) is 5.07. The SMILES string of the molecule is O=C1CCN(c2cccc3cnc(Br)cc23)C(=O)N1. The van der Waals surface area contributed by atoms with Gasteiger partial charge in [0.05, 0.1) is 5.69 Å². The van der Waals surface area contributed by atoms with Crippen LogP contribution in [0.2, 0.25) is 0 Å². The van der Waals surface area contributed by atoms with Crippen molar-refractivity contribution in [2.75, 3.05) is 11.4 Å². The predicted octanol–water partition coefficient (Wildman–Crippen LogP) is 2.44. The molecule has 0 spiro atoms. The summed E-state index contributed by atoms with van der Waals surface area (Å²) in [5.41, 5.74) is 0.783. The zero-order chi connectivity index (χ0) is 13.4. The van der Waals surface area contributed by atoms with E-state index in [4.69, 9.17) is 0 Å². The van der Waals surface area contributed by atoms with Crippen molar-refractivity contribution < 1.29 is 9.59 Å². The molecule has 1 aromatic heterocycles. The van der Waals surface area contributed by atoms with Gasteiger partial charge in [-0.2, -0.15) is 0 Å². The summed E-state index contributed by atoms with van der Waals surface area (Å²) in [4.78, 5) is 28.8. The Hall–Kier alpha value is -1.95. The van der Waals surface area contributed by atoms with Crippen molar-refractivity contribution in [2.45, 2.75) is 6.42 Å². The average Bonchev–Trinajstić information content (AvgIpc) is 2.38. The topological polar surface area (TPSA) is 62.3 Å². The molecule has 1 aromatic carbocycles. The lowest BCUT2D eigenvalue weighted by Gasteiger charge is -2.27. The first-order valence-corrected chi connectivity index (χ1v) is 6.60. The lowest BCUT2D eigenvalue weighted by Crippen LogP contribution is -2.49. The summed E-state index contributed by atoms with van der Waals surface area (Å²) in [7, 11) is 0. The van der Waals surface area contributed by atoms with E-state index in [1.165, 1.54) is 0 Å².